The highest BCUT2D eigenvalue weighted by Crippen LogP contribution is 2.22. The lowest BCUT2D eigenvalue weighted by molar-refractivity contribution is -0.118. The van der Waals surface area contributed by atoms with E-state index in [0.717, 1.165) is 22.2 Å². The number of amides is 1. The van der Waals surface area contributed by atoms with E-state index in [4.69, 9.17) is 9.47 Å². The molecule has 5 heteroatoms. The number of hydrogen-bond acceptors (Lipinski definition) is 3. The Balaban J connectivity index is 1.85. The molecular weight excluding hydrogens is 370 g/mol. The van der Waals surface area contributed by atoms with Crippen molar-refractivity contribution in [2.45, 2.75) is 33.3 Å². The van der Waals surface area contributed by atoms with Crippen LogP contribution in [0.3, 0.4) is 0 Å². The number of ether oxygens (including phenoxy) is 2. The van der Waals surface area contributed by atoms with Crippen molar-refractivity contribution < 1.29 is 14.3 Å². The fourth-order valence-electron chi connectivity index (χ4n) is 2.05. The summed E-state index contributed by atoms with van der Waals surface area (Å²) in [5, 5.41) is 2.81. The Morgan fingerprint density at radius 1 is 1.21 bits per heavy atom. The maximum atomic E-state index is 12.0. The van der Waals surface area contributed by atoms with Crippen molar-refractivity contribution in [1.29, 1.82) is 0 Å². The zero-order chi connectivity index (χ0) is 17.5. The summed E-state index contributed by atoms with van der Waals surface area (Å²) >= 11 is 3.40. The van der Waals surface area contributed by atoms with Crippen LogP contribution in [0.1, 0.15) is 25.8 Å². The van der Waals surface area contributed by atoms with Gasteiger partial charge in [0.25, 0.3) is 5.91 Å². The molecule has 2 rings (SSSR count). The van der Waals surface area contributed by atoms with Crippen LogP contribution < -0.4 is 14.8 Å². The van der Waals surface area contributed by atoms with Crippen LogP contribution in [0.25, 0.3) is 0 Å². The highest BCUT2D eigenvalue weighted by atomic mass is 79.9. The molecule has 128 valence electrons. The molecule has 24 heavy (non-hydrogen) atoms. The number of anilines is 1. The lowest BCUT2D eigenvalue weighted by Gasteiger charge is -2.13. The molecule has 0 saturated carbocycles. The minimum absolute atomic E-state index is 0.0341. The fourth-order valence-corrected chi connectivity index (χ4v) is 2.52. The first kappa shape index (κ1) is 18.3. The molecule has 0 bridgehead atoms. The quantitative estimate of drug-likeness (QED) is 0.725. The van der Waals surface area contributed by atoms with E-state index in [-0.39, 0.29) is 18.6 Å². The van der Waals surface area contributed by atoms with E-state index >= 15 is 0 Å². The van der Waals surface area contributed by atoms with Crippen molar-refractivity contribution in [2.75, 3.05) is 11.9 Å². The van der Waals surface area contributed by atoms with Crippen molar-refractivity contribution in [1.82, 2.24) is 0 Å². The maximum absolute atomic E-state index is 12.0. The van der Waals surface area contributed by atoms with Gasteiger partial charge in [-0.15, -0.1) is 0 Å². The van der Waals surface area contributed by atoms with Crippen LogP contribution in [-0.2, 0) is 4.79 Å². The molecule has 0 radical (unpaired) electrons. The molecule has 2 aromatic carbocycles. The van der Waals surface area contributed by atoms with Gasteiger partial charge < -0.3 is 14.8 Å². The molecule has 0 fully saturated rings. The summed E-state index contributed by atoms with van der Waals surface area (Å²) < 4.78 is 12.3. The number of hydrogen-bond donors (Lipinski definition) is 1. The number of carbonyl (C=O) groups excluding carboxylic acids is 1. The first-order valence-corrected chi connectivity index (χ1v) is 8.72. The average Bonchev–Trinajstić information content (AvgIpc) is 2.55. The van der Waals surface area contributed by atoms with Gasteiger partial charge >= 0.3 is 0 Å². The van der Waals surface area contributed by atoms with Crippen LogP contribution in [0.5, 0.6) is 11.5 Å². The molecule has 1 unspecified atom stereocenters. The molecule has 4 nitrogen and oxygen atoms in total. The summed E-state index contributed by atoms with van der Waals surface area (Å²) in [4.78, 5) is 12.0. The van der Waals surface area contributed by atoms with Gasteiger partial charge in [-0.3, -0.25) is 4.79 Å². The molecule has 0 heterocycles. The maximum Gasteiger partial charge on any atom is 0.262 e. The normalized spacial score (nSPS) is 11.7. The minimum Gasteiger partial charge on any atom is -0.491 e. The zero-order valence-corrected chi connectivity index (χ0v) is 15.7. The Bertz CT molecular complexity index is 686. The minimum atomic E-state index is -0.201. The molecule has 0 spiro atoms. The Labute approximate surface area is 151 Å². The molecular formula is C19H22BrNO3. The number of halogens is 1. The number of aryl methyl sites for hydroxylation is 1. The summed E-state index contributed by atoms with van der Waals surface area (Å²) in [6, 6.07) is 13.0. The van der Waals surface area contributed by atoms with Crippen LogP contribution in [0.4, 0.5) is 5.69 Å². The first-order valence-electron chi connectivity index (χ1n) is 7.93. The highest BCUT2D eigenvalue weighted by Gasteiger charge is 2.07. The van der Waals surface area contributed by atoms with Crippen molar-refractivity contribution in [3.63, 3.8) is 0 Å². The number of rotatable bonds is 7. The molecule has 2 aromatic rings. The van der Waals surface area contributed by atoms with Crippen LogP contribution in [0.15, 0.2) is 46.9 Å². The van der Waals surface area contributed by atoms with E-state index < -0.39 is 0 Å². The summed E-state index contributed by atoms with van der Waals surface area (Å²) in [6.45, 7) is 6.01. The van der Waals surface area contributed by atoms with Gasteiger partial charge in [-0.1, -0.05) is 22.9 Å². The molecule has 0 aliphatic rings. The monoisotopic (exact) mass is 391 g/mol. The average molecular weight is 392 g/mol. The summed E-state index contributed by atoms with van der Waals surface area (Å²) in [5.74, 6) is 1.29. The molecule has 0 aromatic heterocycles. The summed E-state index contributed by atoms with van der Waals surface area (Å²) in [6.07, 6.45) is 1.12. The van der Waals surface area contributed by atoms with Crippen molar-refractivity contribution >= 4 is 27.5 Å². The Morgan fingerprint density at radius 2 is 1.92 bits per heavy atom. The van der Waals surface area contributed by atoms with Gasteiger partial charge in [0.2, 0.25) is 0 Å². The van der Waals surface area contributed by atoms with Gasteiger partial charge in [-0.05, 0) is 68.3 Å². The van der Waals surface area contributed by atoms with Gasteiger partial charge in [-0.25, -0.2) is 0 Å². The molecule has 0 aliphatic heterocycles. The highest BCUT2D eigenvalue weighted by molar-refractivity contribution is 9.10. The second-order valence-corrected chi connectivity index (χ2v) is 6.52. The predicted octanol–water partition coefficient (Wildman–Crippen LogP) is 4.95. The third-order valence-electron chi connectivity index (χ3n) is 3.55. The third-order valence-corrected chi connectivity index (χ3v) is 4.04. The van der Waals surface area contributed by atoms with Gasteiger partial charge in [0, 0.05) is 10.2 Å². The second-order valence-electron chi connectivity index (χ2n) is 5.61. The van der Waals surface area contributed by atoms with Gasteiger partial charge in [0.05, 0.1) is 6.10 Å². The number of carbonyl (C=O) groups is 1. The second kappa shape index (κ2) is 8.73. The lowest BCUT2D eigenvalue weighted by atomic mass is 10.2. The Kier molecular flexibility index (Phi) is 6.67. The molecule has 0 aliphatic carbocycles. The molecule has 1 N–H and O–H groups in total. The lowest BCUT2D eigenvalue weighted by Crippen LogP contribution is -2.20. The standard InChI is InChI=1S/C19H22BrNO3/c1-4-14(3)24-17-8-6-16(7-9-17)21-19(22)12-23-18-10-5-15(20)11-13(18)2/h5-11,14H,4,12H2,1-3H3,(H,21,22). The van der Waals surface area contributed by atoms with Crippen LogP contribution in [0.2, 0.25) is 0 Å². The van der Waals surface area contributed by atoms with E-state index in [2.05, 4.69) is 28.2 Å². The van der Waals surface area contributed by atoms with E-state index in [1.165, 1.54) is 0 Å². The van der Waals surface area contributed by atoms with E-state index in [9.17, 15) is 4.79 Å². The Hall–Kier alpha value is -2.01. The SMILES string of the molecule is CCC(C)Oc1ccc(NC(=O)COc2ccc(Br)cc2C)cc1. The number of nitrogens with one attached hydrogen (secondary N) is 1. The largest absolute Gasteiger partial charge is 0.491 e. The zero-order valence-electron chi connectivity index (χ0n) is 14.1. The van der Waals surface area contributed by atoms with E-state index in [1.54, 1.807) is 0 Å². The molecule has 1 amide bonds. The molecule has 1 atom stereocenters. The molecule has 0 saturated heterocycles. The summed E-state index contributed by atoms with van der Waals surface area (Å²) in [7, 11) is 0. The van der Waals surface area contributed by atoms with Gasteiger partial charge in [-0.2, -0.15) is 0 Å². The van der Waals surface area contributed by atoms with Gasteiger partial charge in [0.15, 0.2) is 6.61 Å². The van der Waals surface area contributed by atoms with Crippen LogP contribution in [-0.4, -0.2) is 18.6 Å². The topological polar surface area (TPSA) is 47.6 Å². The van der Waals surface area contributed by atoms with Gasteiger partial charge in [0.1, 0.15) is 11.5 Å². The van der Waals surface area contributed by atoms with Crippen molar-refractivity contribution in [3.8, 4) is 11.5 Å². The first-order chi connectivity index (χ1) is 11.5. The number of benzene rings is 2. The predicted molar refractivity (Wildman–Crippen MR) is 99.8 cm³/mol. The summed E-state index contributed by atoms with van der Waals surface area (Å²) in [5.41, 5.74) is 1.69. The fraction of sp³-hybridized carbons (Fsp3) is 0.316. The third kappa shape index (κ3) is 5.57. The van der Waals surface area contributed by atoms with Crippen LogP contribution in [0, 0.1) is 6.92 Å². The van der Waals surface area contributed by atoms with E-state index in [1.807, 2.05) is 56.3 Å². The Morgan fingerprint density at radius 3 is 2.54 bits per heavy atom. The van der Waals surface area contributed by atoms with E-state index in [0.29, 0.717) is 11.4 Å². The van der Waals surface area contributed by atoms with Crippen molar-refractivity contribution in [2.24, 2.45) is 0 Å². The smallest absolute Gasteiger partial charge is 0.262 e. The van der Waals surface area contributed by atoms with Crippen molar-refractivity contribution in [3.05, 3.63) is 52.5 Å². The van der Waals surface area contributed by atoms with Crippen LogP contribution >= 0.6 is 15.9 Å².